The fourth-order valence-corrected chi connectivity index (χ4v) is 6.59. The number of nitrogens with one attached hydrogen (secondary N) is 2. The first-order chi connectivity index (χ1) is 17.1. The van der Waals surface area contributed by atoms with Crippen LogP contribution in [0, 0.1) is 0 Å². The molecule has 0 aliphatic carbocycles. The number of nitrogens with zero attached hydrogens (tertiary/aromatic N) is 1. The maximum absolute atomic E-state index is 13.8. The lowest BCUT2D eigenvalue weighted by molar-refractivity contribution is -0.141. The molecule has 0 bridgehead atoms. The number of ketones is 1. The highest BCUT2D eigenvalue weighted by atomic mass is 32.2. The molecule has 3 heterocycles. The van der Waals surface area contributed by atoms with Crippen LogP contribution in [0.25, 0.3) is 0 Å². The maximum atomic E-state index is 13.8. The van der Waals surface area contributed by atoms with E-state index in [2.05, 4.69) is 30.4 Å². The van der Waals surface area contributed by atoms with Crippen molar-refractivity contribution in [2.24, 2.45) is 5.73 Å². The lowest BCUT2D eigenvalue weighted by Gasteiger charge is -2.47. The SMILES string of the molecule is C=C/C=C1/NC(C(=O)[C@H](C=C)NC(C)(O)[C@@H]2CCB3CC[C@@](N)(Cc4ccccc4)C(=O)N32)SC1=C. The van der Waals surface area contributed by atoms with E-state index < -0.39 is 28.7 Å². The minimum absolute atomic E-state index is 0.0306. The monoisotopic (exact) mass is 506 g/mol. The van der Waals surface area contributed by atoms with E-state index in [0.717, 1.165) is 28.8 Å². The van der Waals surface area contributed by atoms with Gasteiger partial charge in [-0.1, -0.05) is 80.0 Å². The molecule has 1 amide bonds. The van der Waals surface area contributed by atoms with Crippen molar-refractivity contribution in [3.8, 4) is 0 Å². The Kier molecular flexibility index (Phi) is 7.66. The highest BCUT2D eigenvalue weighted by Gasteiger charge is 2.55. The Balaban J connectivity index is 1.49. The second-order valence-corrected chi connectivity index (χ2v) is 11.3. The summed E-state index contributed by atoms with van der Waals surface area (Å²) in [5.74, 6) is -0.321. The average Bonchev–Trinajstić information content (AvgIpc) is 3.45. The fourth-order valence-electron chi connectivity index (χ4n) is 5.60. The van der Waals surface area contributed by atoms with Crippen molar-refractivity contribution in [3.05, 3.63) is 84.5 Å². The summed E-state index contributed by atoms with van der Waals surface area (Å²) in [7, 11) is 0. The number of hydrogen-bond acceptors (Lipinski definition) is 7. The van der Waals surface area contributed by atoms with Crippen LogP contribution in [0.15, 0.2) is 78.9 Å². The molecule has 3 saturated heterocycles. The minimum Gasteiger partial charge on any atom is -0.378 e. The number of thioether (sulfide) groups is 1. The van der Waals surface area contributed by atoms with E-state index in [1.165, 1.54) is 17.8 Å². The molecule has 3 fully saturated rings. The largest absolute Gasteiger partial charge is 0.378 e. The average molecular weight is 506 g/mol. The molecule has 4 rings (SSSR count). The second kappa shape index (κ2) is 10.4. The highest BCUT2D eigenvalue weighted by Crippen LogP contribution is 2.39. The van der Waals surface area contributed by atoms with E-state index in [1.54, 1.807) is 23.9 Å². The van der Waals surface area contributed by atoms with Crippen LogP contribution in [0.3, 0.4) is 0 Å². The van der Waals surface area contributed by atoms with Gasteiger partial charge in [0, 0.05) is 10.6 Å². The van der Waals surface area contributed by atoms with Crippen LogP contribution in [-0.2, 0) is 16.0 Å². The van der Waals surface area contributed by atoms with E-state index in [0.29, 0.717) is 19.3 Å². The molecular weight excluding hydrogens is 471 g/mol. The summed E-state index contributed by atoms with van der Waals surface area (Å²) in [6, 6.07) is 8.44. The third-order valence-corrected chi connectivity index (χ3v) is 8.57. The summed E-state index contributed by atoms with van der Waals surface area (Å²) in [6.07, 6.45) is 8.14. The molecule has 1 aromatic carbocycles. The molecule has 0 aromatic heterocycles. The normalized spacial score (nSPS) is 29.5. The number of carbonyl (C=O) groups is 2. The van der Waals surface area contributed by atoms with Crippen LogP contribution in [0.1, 0.15) is 25.3 Å². The van der Waals surface area contributed by atoms with Crippen LogP contribution in [-0.4, -0.2) is 57.2 Å². The lowest BCUT2D eigenvalue weighted by atomic mass is 9.51. The Bertz CT molecular complexity index is 1090. The molecule has 0 spiro atoms. The lowest BCUT2D eigenvalue weighted by Crippen LogP contribution is -2.70. The minimum atomic E-state index is -1.52. The van der Waals surface area contributed by atoms with Gasteiger partial charge in [-0.3, -0.25) is 14.9 Å². The Morgan fingerprint density at radius 3 is 2.81 bits per heavy atom. The molecule has 3 aliphatic rings. The zero-order chi connectivity index (χ0) is 26.1. The number of carbonyl (C=O) groups excluding carboxylic acids is 2. The Morgan fingerprint density at radius 2 is 2.14 bits per heavy atom. The summed E-state index contributed by atoms with van der Waals surface area (Å²) in [5, 5.41) is 17.3. The van der Waals surface area contributed by atoms with Crippen molar-refractivity contribution in [3.63, 3.8) is 0 Å². The standard InChI is InChI=1S/C27H35BN4O3S/c1-5-10-21-18(3)36-24(30-21)23(33)20(6-2)31-26(4,35)22-13-15-28-16-14-27(29,25(34)32(22)28)17-19-11-8-7-9-12-19/h5-12,20,22,24,30-31,35H,1-3,13-17,29H2,4H3/b21-10+/t20-,22-,24?,26?,27+/m0/s1. The van der Waals surface area contributed by atoms with Gasteiger partial charge in [0.05, 0.1) is 17.6 Å². The summed E-state index contributed by atoms with van der Waals surface area (Å²) in [5.41, 5.74) is 5.92. The van der Waals surface area contributed by atoms with Crippen LogP contribution >= 0.6 is 11.8 Å². The molecule has 9 heteroatoms. The van der Waals surface area contributed by atoms with Gasteiger partial charge in [0.1, 0.15) is 11.1 Å². The van der Waals surface area contributed by atoms with E-state index in [4.69, 9.17) is 5.73 Å². The van der Waals surface area contributed by atoms with E-state index in [-0.39, 0.29) is 18.5 Å². The fraction of sp³-hybridized carbons (Fsp3) is 0.407. The van der Waals surface area contributed by atoms with Gasteiger partial charge in [-0.2, -0.15) is 0 Å². The molecule has 190 valence electrons. The quantitative estimate of drug-likeness (QED) is 0.232. The number of rotatable bonds is 9. The first kappa shape index (κ1) is 26.5. The van der Waals surface area contributed by atoms with Crippen LogP contribution in [0.4, 0.5) is 0 Å². The van der Waals surface area contributed by atoms with Crippen molar-refractivity contribution >= 4 is 30.3 Å². The molecule has 5 N–H and O–H groups in total. The second-order valence-electron chi connectivity index (χ2n) is 10.1. The predicted molar refractivity (Wildman–Crippen MR) is 147 cm³/mol. The summed E-state index contributed by atoms with van der Waals surface area (Å²) in [6.45, 7) is 13.2. The van der Waals surface area contributed by atoms with Gasteiger partial charge >= 0.3 is 0 Å². The maximum Gasteiger partial charge on any atom is 0.258 e. The number of nitrogens with two attached hydrogens (primary N) is 1. The number of aliphatic hydroxyl groups is 1. The third-order valence-electron chi connectivity index (χ3n) is 7.48. The number of Topliss-reactive ketones (excluding diaryl/α,β-unsaturated/α-hetero) is 1. The number of allylic oxidation sites excluding steroid dienone is 2. The highest BCUT2D eigenvalue weighted by molar-refractivity contribution is 8.04. The van der Waals surface area contributed by atoms with Crippen LogP contribution in [0.5, 0.6) is 0 Å². The van der Waals surface area contributed by atoms with Crippen molar-refractivity contribution in [1.82, 2.24) is 15.4 Å². The zero-order valence-corrected chi connectivity index (χ0v) is 21.6. The smallest absolute Gasteiger partial charge is 0.258 e. The van der Waals surface area contributed by atoms with Crippen molar-refractivity contribution in [1.29, 1.82) is 0 Å². The Hall–Kier alpha value is -2.59. The molecule has 1 aromatic rings. The van der Waals surface area contributed by atoms with Crippen molar-refractivity contribution < 1.29 is 14.7 Å². The molecule has 3 aliphatic heterocycles. The van der Waals surface area contributed by atoms with E-state index in [1.807, 2.05) is 30.3 Å². The van der Waals surface area contributed by atoms with E-state index in [9.17, 15) is 14.7 Å². The predicted octanol–water partition coefficient (Wildman–Crippen LogP) is 2.59. The van der Waals surface area contributed by atoms with Gasteiger partial charge in [-0.25, -0.2) is 0 Å². The van der Waals surface area contributed by atoms with Gasteiger partial charge in [-0.05, 0) is 37.8 Å². The van der Waals surface area contributed by atoms with Gasteiger partial charge in [0.15, 0.2) is 5.78 Å². The van der Waals surface area contributed by atoms with Gasteiger partial charge in [-0.15, -0.1) is 6.58 Å². The molecule has 0 radical (unpaired) electrons. The van der Waals surface area contributed by atoms with Gasteiger partial charge in [0.25, 0.3) is 6.85 Å². The van der Waals surface area contributed by atoms with Gasteiger partial charge < -0.3 is 21.0 Å². The summed E-state index contributed by atoms with van der Waals surface area (Å²) >= 11 is 1.32. The molecule has 2 unspecified atom stereocenters. The first-order valence-corrected chi connectivity index (χ1v) is 13.2. The van der Waals surface area contributed by atoms with Crippen molar-refractivity contribution in [2.75, 3.05) is 0 Å². The van der Waals surface area contributed by atoms with Crippen molar-refractivity contribution in [2.45, 2.75) is 67.5 Å². The summed E-state index contributed by atoms with van der Waals surface area (Å²) < 4.78 is 0. The zero-order valence-electron chi connectivity index (χ0n) is 20.8. The topological polar surface area (TPSA) is 108 Å². The Labute approximate surface area is 218 Å². The first-order valence-electron chi connectivity index (χ1n) is 12.4. The summed E-state index contributed by atoms with van der Waals surface area (Å²) in [4.78, 5) is 29.6. The molecule has 0 saturated carbocycles. The third kappa shape index (κ3) is 5.11. The number of hydrogen-bond donors (Lipinski definition) is 4. The van der Waals surface area contributed by atoms with Crippen LogP contribution < -0.4 is 16.4 Å². The number of fused-ring (bicyclic) bond motifs is 1. The molecular formula is C27H35BN4O3S. The number of benzene rings is 1. The van der Waals surface area contributed by atoms with Gasteiger partial charge in [0.2, 0.25) is 5.91 Å². The van der Waals surface area contributed by atoms with E-state index >= 15 is 0 Å². The molecule has 36 heavy (non-hydrogen) atoms. The van der Waals surface area contributed by atoms with Crippen LogP contribution in [0.2, 0.25) is 12.6 Å². The number of amides is 1. The Morgan fingerprint density at radius 1 is 1.42 bits per heavy atom. The molecule has 7 nitrogen and oxygen atoms in total. The molecule has 5 atom stereocenters.